The van der Waals surface area contributed by atoms with Crippen molar-refractivity contribution in [2.45, 2.75) is 51.6 Å². The third-order valence-corrected chi connectivity index (χ3v) is 9.29. The molecule has 37 heavy (non-hydrogen) atoms. The third-order valence-electron chi connectivity index (χ3n) is 7.04. The van der Waals surface area contributed by atoms with E-state index < -0.39 is 5.97 Å². The van der Waals surface area contributed by atoms with Crippen LogP contribution in [-0.2, 0) is 11.3 Å². The lowest BCUT2D eigenvalue weighted by Gasteiger charge is -2.32. The Labute approximate surface area is 228 Å². The van der Waals surface area contributed by atoms with Gasteiger partial charge in [-0.3, -0.25) is 19.8 Å². The number of nitrogens with one attached hydrogen (secondary N) is 1. The normalized spacial score (nSPS) is 19.2. The molecule has 12 heteroatoms. The van der Waals surface area contributed by atoms with Gasteiger partial charge in [0.1, 0.15) is 11.5 Å². The van der Waals surface area contributed by atoms with Gasteiger partial charge >= 0.3 is 5.97 Å². The van der Waals surface area contributed by atoms with Crippen molar-refractivity contribution in [1.29, 1.82) is 0 Å². The first-order valence-electron chi connectivity index (χ1n) is 12.5. The summed E-state index contributed by atoms with van der Waals surface area (Å²) in [5, 5.41) is 15.2. The van der Waals surface area contributed by atoms with E-state index in [-0.39, 0.29) is 17.5 Å². The number of nitrogens with zero attached hydrogens (tertiary/aromatic N) is 5. The lowest BCUT2D eigenvalue weighted by Crippen LogP contribution is -2.36. The largest absolute Gasteiger partial charge is 0.481 e. The van der Waals surface area contributed by atoms with E-state index in [4.69, 9.17) is 16.6 Å². The monoisotopic (exact) mass is 560 g/mol. The van der Waals surface area contributed by atoms with E-state index in [2.05, 4.69) is 27.1 Å². The number of rotatable bonds is 7. The second-order valence-electron chi connectivity index (χ2n) is 9.55. The van der Waals surface area contributed by atoms with Crippen LogP contribution in [0.1, 0.15) is 54.4 Å². The highest BCUT2D eigenvalue weighted by Gasteiger charge is 2.26. The summed E-state index contributed by atoms with van der Waals surface area (Å²) >= 11 is 9.23. The molecular formula is C25H29ClN6O3S2. The second kappa shape index (κ2) is 11.4. The molecule has 0 radical (unpaired) electrons. The van der Waals surface area contributed by atoms with Crippen molar-refractivity contribution < 1.29 is 14.7 Å². The molecule has 3 aromatic rings. The fourth-order valence-electron chi connectivity index (χ4n) is 4.84. The van der Waals surface area contributed by atoms with E-state index in [0.717, 1.165) is 28.5 Å². The number of carbonyl (C=O) groups is 2. The Bertz CT molecular complexity index is 1260. The van der Waals surface area contributed by atoms with Crippen molar-refractivity contribution in [3.05, 3.63) is 39.4 Å². The molecule has 196 valence electrons. The number of aliphatic carboxylic acids is 1. The van der Waals surface area contributed by atoms with Gasteiger partial charge in [-0.15, -0.1) is 11.3 Å². The van der Waals surface area contributed by atoms with Gasteiger partial charge in [-0.05, 0) is 45.2 Å². The summed E-state index contributed by atoms with van der Waals surface area (Å²) in [4.78, 5) is 44.2. The summed E-state index contributed by atoms with van der Waals surface area (Å²) in [7, 11) is 0. The molecule has 2 aliphatic heterocycles. The molecule has 3 aromatic heterocycles. The number of carboxylic acid groups (broad SMARTS) is 1. The number of amides is 1. The summed E-state index contributed by atoms with van der Waals surface area (Å²) in [6.07, 6.45) is 7.81. The minimum absolute atomic E-state index is 0.200. The van der Waals surface area contributed by atoms with Gasteiger partial charge in [0.15, 0.2) is 5.13 Å². The van der Waals surface area contributed by atoms with Gasteiger partial charge in [-0.25, -0.2) is 15.0 Å². The van der Waals surface area contributed by atoms with Crippen molar-refractivity contribution in [3.8, 4) is 10.6 Å². The van der Waals surface area contributed by atoms with Crippen LogP contribution in [-0.4, -0.2) is 62.5 Å². The number of piperidine rings is 2. The number of halogens is 1. The van der Waals surface area contributed by atoms with E-state index in [1.54, 1.807) is 17.5 Å². The smallest absolute Gasteiger partial charge is 0.306 e. The Hall–Kier alpha value is -2.60. The van der Waals surface area contributed by atoms with Gasteiger partial charge in [-0.2, -0.15) is 0 Å². The number of thiazole rings is 1. The van der Waals surface area contributed by atoms with E-state index >= 15 is 0 Å². The highest BCUT2D eigenvalue weighted by molar-refractivity contribution is 7.17. The molecule has 0 aromatic carbocycles. The van der Waals surface area contributed by atoms with Crippen LogP contribution in [0.5, 0.6) is 0 Å². The first-order chi connectivity index (χ1) is 17.9. The Kier molecular flexibility index (Phi) is 8.04. The highest BCUT2D eigenvalue weighted by Crippen LogP contribution is 2.37. The predicted octanol–water partition coefficient (Wildman–Crippen LogP) is 5.24. The average molecular weight is 561 g/mol. The van der Waals surface area contributed by atoms with Gasteiger partial charge in [0, 0.05) is 35.9 Å². The van der Waals surface area contributed by atoms with Crippen molar-refractivity contribution >= 4 is 57.1 Å². The maximum Gasteiger partial charge on any atom is 0.306 e. The lowest BCUT2D eigenvalue weighted by atomic mass is 9.97. The predicted molar refractivity (Wildman–Crippen MR) is 147 cm³/mol. The molecule has 2 saturated heterocycles. The minimum Gasteiger partial charge on any atom is -0.481 e. The second-order valence-corrected chi connectivity index (χ2v) is 12.0. The summed E-state index contributed by atoms with van der Waals surface area (Å²) in [6, 6.07) is 2.43. The number of carboxylic acids is 1. The van der Waals surface area contributed by atoms with Crippen molar-refractivity contribution in [2.24, 2.45) is 5.92 Å². The number of aromatic nitrogens is 3. The average Bonchev–Trinajstić information content (AvgIpc) is 3.51. The summed E-state index contributed by atoms with van der Waals surface area (Å²) in [5.74, 6) is -0.792. The van der Waals surface area contributed by atoms with Crippen LogP contribution < -0.4 is 10.2 Å². The molecule has 2 N–H and O–H groups in total. The molecule has 0 unspecified atom stereocenters. The molecule has 0 spiro atoms. The Balaban J connectivity index is 1.29. The molecule has 0 bridgehead atoms. The molecule has 2 aliphatic rings. The topological polar surface area (TPSA) is 112 Å². The fourth-order valence-corrected chi connectivity index (χ4v) is 6.99. The Morgan fingerprint density at radius 1 is 1.16 bits per heavy atom. The molecule has 1 amide bonds. The van der Waals surface area contributed by atoms with Gasteiger partial charge in [0.05, 0.1) is 33.9 Å². The number of anilines is 2. The zero-order valence-corrected chi connectivity index (χ0v) is 22.9. The molecule has 5 heterocycles. The Morgan fingerprint density at radius 3 is 2.62 bits per heavy atom. The van der Waals surface area contributed by atoms with E-state index in [1.165, 1.54) is 36.8 Å². The van der Waals surface area contributed by atoms with Gasteiger partial charge < -0.3 is 10.0 Å². The number of carbonyl (C=O) groups excluding carboxylic acids is 1. The molecule has 1 atom stereocenters. The SMILES string of the molecule is C[C@@H]1CCCCN1Cc1sc(NC(=O)c2cnc(N3CCC(C(=O)O)CC3)cn2)nc1-c1cc(Cl)cs1. The zero-order chi connectivity index (χ0) is 25.9. The van der Waals surface area contributed by atoms with E-state index in [1.807, 2.05) is 16.3 Å². The van der Waals surface area contributed by atoms with Crippen LogP contribution in [0.25, 0.3) is 10.6 Å². The standard InChI is InChI=1S/C25H29ClN6O3S2/c1-15-4-2-3-7-32(15)13-20-22(19-10-17(26)14-36-19)29-25(37-20)30-23(33)18-11-28-21(12-27-18)31-8-5-16(6-9-31)24(34)35/h10-12,14-16H,2-9,13H2,1H3,(H,34,35)(H,29,30,33)/t15-/m1/s1. The number of hydrogen-bond acceptors (Lipinski definition) is 9. The maximum atomic E-state index is 13.0. The van der Waals surface area contributed by atoms with Crippen molar-refractivity contribution in [2.75, 3.05) is 29.9 Å². The number of thiophene rings is 1. The Morgan fingerprint density at radius 2 is 1.97 bits per heavy atom. The molecule has 0 aliphatic carbocycles. The lowest BCUT2D eigenvalue weighted by molar-refractivity contribution is -0.142. The van der Waals surface area contributed by atoms with Crippen LogP contribution in [0.2, 0.25) is 5.02 Å². The fraction of sp³-hybridized carbons (Fsp3) is 0.480. The van der Waals surface area contributed by atoms with E-state index in [0.29, 0.717) is 47.9 Å². The zero-order valence-electron chi connectivity index (χ0n) is 20.5. The van der Waals surface area contributed by atoms with Crippen LogP contribution >= 0.6 is 34.3 Å². The molecule has 9 nitrogen and oxygen atoms in total. The van der Waals surface area contributed by atoms with Gasteiger partial charge in [0.2, 0.25) is 0 Å². The van der Waals surface area contributed by atoms with Crippen LogP contribution in [0, 0.1) is 5.92 Å². The molecule has 0 saturated carbocycles. The first kappa shape index (κ1) is 26.0. The molecule has 5 rings (SSSR count). The number of likely N-dealkylation sites (tertiary alicyclic amines) is 1. The maximum absolute atomic E-state index is 13.0. The van der Waals surface area contributed by atoms with Gasteiger partial charge in [0.25, 0.3) is 5.91 Å². The van der Waals surface area contributed by atoms with Crippen LogP contribution in [0.4, 0.5) is 10.9 Å². The minimum atomic E-state index is -0.751. The summed E-state index contributed by atoms with van der Waals surface area (Å²) < 4.78 is 0. The summed E-state index contributed by atoms with van der Waals surface area (Å²) in [5.41, 5.74) is 1.06. The number of hydrogen-bond donors (Lipinski definition) is 2. The highest BCUT2D eigenvalue weighted by atomic mass is 35.5. The van der Waals surface area contributed by atoms with Crippen LogP contribution in [0.3, 0.4) is 0 Å². The quantitative estimate of drug-likeness (QED) is 0.403. The molecular weight excluding hydrogens is 532 g/mol. The van der Waals surface area contributed by atoms with Crippen molar-refractivity contribution in [1.82, 2.24) is 19.9 Å². The van der Waals surface area contributed by atoms with Crippen molar-refractivity contribution in [3.63, 3.8) is 0 Å². The van der Waals surface area contributed by atoms with E-state index in [9.17, 15) is 14.7 Å². The van der Waals surface area contributed by atoms with Gasteiger partial charge in [-0.1, -0.05) is 29.4 Å². The van der Waals surface area contributed by atoms with Crippen LogP contribution in [0.15, 0.2) is 23.8 Å². The third kappa shape index (κ3) is 6.11. The first-order valence-corrected chi connectivity index (χ1v) is 14.5. The molecule has 2 fully saturated rings. The summed E-state index contributed by atoms with van der Waals surface area (Å²) in [6.45, 7) is 5.31.